The average molecular weight is 368 g/mol. The number of piperazine rings is 1. The van der Waals surface area contributed by atoms with Crippen molar-refractivity contribution >= 4 is 15.9 Å². The number of nitrogens with zero attached hydrogens (tertiary/aromatic N) is 2. The van der Waals surface area contributed by atoms with Crippen LogP contribution in [0.2, 0.25) is 0 Å². The van der Waals surface area contributed by atoms with Gasteiger partial charge in [-0.25, -0.2) is 8.42 Å². The van der Waals surface area contributed by atoms with Crippen LogP contribution in [0.1, 0.15) is 19.4 Å². The molecule has 25 heavy (non-hydrogen) atoms. The summed E-state index contributed by atoms with van der Waals surface area (Å²) in [6, 6.07) is 10.3. The summed E-state index contributed by atoms with van der Waals surface area (Å²) in [6.45, 7) is 7.26. The van der Waals surface area contributed by atoms with Crippen molar-refractivity contribution in [3.8, 4) is 0 Å². The third-order valence-corrected chi connectivity index (χ3v) is 6.34. The fourth-order valence-electron chi connectivity index (χ4n) is 2.80. The van der Waals surface area contributed by atoms with Crippen LogP contribution in [0.5, 0.6) is 0 Å². The first kappa shape index (κ1) is 19.9. The van der Waals surface area contributed by atoms with Gasteiger partial charge in [-0.2, -0.15) is 4.31 Å². The summed E-state index contributed by atoms with van der Waals surface area (Å²) in [4.78, 5) is 13.8. The maximum absolute atomic E-state index is 12.4. The van der Waals surface area contributed by atoms with E-state index < -0.39 is 10.0 Å². The van der Waals surface area contributed by atoms with Gasteiger partial charge >= 0.3 is 0 Å². The van der Waals surface area contributed by atoms with Gasteiger partial charge in [0, 0.05) is 45.2 Å². The first-order valence-corrected chi connectivity index (χ1v) is 10.5. The van der Waals surface area contributed by atoms with Gasteiger partial charge in [0.05, 0.1) is 5.75 Å². The van der Waals surface area contributed by atoms with E-state index in [1.807, 2.05) is 18.2 Å². The Morgan fingerprint density at radius 2 is 1.76 bits per heavy atom. The molecule has 7 heteroatoms. The SMILES string of the molecule is CC(C)C(=O)NCCS(=O)(=O)N1CCN(CCc2ccccc2)CC1. The maximum atomic E-state index is 12.4. The Labute approximate surface area is 151 Å². The summed E-state index contributed by atoms with van der Waals surface area (Å²) in [5.41, 5.74) is 1.30. The molecule has 1 aromatic rings. The highest BCUT2D eigenvalue weighted by atomic mass is 32.2. The highest BCUT2D eigenvalue weighted by Crippen LogP contribution is 2.09. The lowest BCUT2D eigenvalue weighted by Gasteiger charge is -2.34. The Kier molecular flexibility index (Phi) is 7.40. The van der Waals surface area contributed by atoms with Crippen LogP contribution in [0.3, 0.4) is 0 Å². The van der Waals surface area contributed by atoms with E-state index in [1.165, 1.54) is 5.56 Å². The van der Waals surface area contributed by atoms with Crippen molar-refractivity contribution in [3.63, 3.8) is 0 Å². The summed E-state index contributed by atoms with van der Waals surface area (Å²) in [5.74, 6) is -0.271. The fourth-order valence-corrected chi connectivity index (χ4v) is 4.14. The van der Waals surface area contributed by atoms with E-state index in [4.69, 9.17) is 0 Å². The van der Waals surface area contributed by atoms with Gasteiger partial charge in [0.2, 0.25) is 15.9 Å². The topological polar surface area (TPSA) is 69.7 Å². The quantitative estimate of drug-likeness (QED) is 0.743. The Morgan fingerprint density at radius 1 is 1.12 bits per heavy atom. The van der Waals surface area contributed by atoms with E-state index in [1.54, 1.807) is 18.2 Å². The lowest BCUT2D eigenvalue weighted by Crippen LogP contribution is -2.50. The van der Waals surface area contributed by atoms with Crippen LogP contribution in [-0.4, -0.2) is 68.6 Å². The lowest BCUT2D eigenvalue weighted by atomic mass is 10.1. The molecule has 0 bridgehead atoms. The summed E-state index contributed by atoms with van der Waals surface area (Å²) in [7, 11) is -3.30. The van der Waals surface area contributed by atoms with Gasteiger partial charge in [-0.05, 0) is 12.0 Å². The summed E-state index contributed by atoms with van der Waals surface area (Å²) in [5, 5.41) is 2.67. The molecule has 1 saturated heterocycles. The number of sulfonamides is 1. The second-order valence-electron chi connectivity index (χ2n) is 6.74. The van der Waals surface area contributed by atoms with Gasteiger partial charge < -0.3 is 10.2 Å². The van der Waals surface area contributed by atoms with E-state index in [2.05, 4.69) is 22.3 Å². The molecule has 1 amide bonds. The normalized spacial score (nSPS) is 16.9. The Balaban J connectivity index is 1.72. The van der Waals surface area contributed by atoms with E-state index in [0.29, 0.717) is 13.1 Å². The van der Waals surface area contributed by atoms with Gasteiger partial charge in [0.1, 0.15) is 0 Å². The molecule has 1 aromatic carbocycles. The number of hydrogen-bond donors (Lipinski definition) is 1. The van der Waals surface area contributed by atoms with Crippen molar-refractivity contribution in [2.75, 3.05) is 45.0 Å². The molecular weight excluding hydrogens is 338 g/mol. The highest BCUT2D eigenvalue weighted by molar-refractivity contribution is 7.89. The predicted octanol–water partition coefficient (Wildman–Crippen LogP) is 0.949. The molecule has 1 aliphatic heterocycles. The van der Waals surface area contributed by atoms with Crippen LogP contribution in [0.4, 0.5) is 0 Å². The Hall–Kier alpha value is -1.44. The number of rotatable bonds is 8. The second kappa shape index (κ2) is 9.31. The number of carbonyl (C=O) groups is 1. The summed E-state index contributed by atoms with van der Waals surface area (Å²) in [6.07, 6.45) is 0.981. The lowest BCUT2D eigenvalue weighted by molar-refractivity contribution is -0.123. The van der Waals surface area contributed by atoms with Crippen LogP contribution in [0, 0.1) is 5.92 Å². The first-order valence-electron chi connectivity index (χ1n) is 8.90. The van der Waals surface area contributed by atoms with Crippen molar-refractivity contribution in [2.45, 2.75) is 20.3 Å². The van der Waals surface area contributed by atoms with Crippen molar-refractivity contribution in [1.82, 2.24) is 14.5 Å². The molecule has 0 spiro atoms. The molecule has 0 aliphatic carbocycles. The minimum absolute atomic E-state index is 0.0323. The monoisotopic (exact) mass is 367 g/mol. The number of carbonyl (C=O) groups excluding carboxylic acids is 1. The van der Waals surface area contributed by atoms with E-state index in [0.717, 1.165) is 26.1 Å². The highest BCUT2D eigenvalue weighted by Gasteiger charge is 2.26. The molecule has 1 fully saturated rings. The number of benzene rings is 1. The molecule has 1 heterocycles. The minimum atomic E-state index is -3.30. The van der Waals surface area contributed by atoms with Gasteiger partial charge in [-0.15, -0.1) is 0 Å². The predicted molar refractivity (Wildman–Crippen MR) is 99.8 cm³/mol. The molecule has 0 atom stereocenters. The zero-order valence-electron chi connectivity index (χ0n) is 15.1. The maximum Gasteiger partial charge on any atom is 0.222 e. The average Bonchev–Trinajstić information content (AvgIpc) is 2.61. The van der Waals surface area contributed by atoms with Crippen molar-refractivity contribution in [1.29, 1.82) is 0 Å². The van der Waals surface area contributed by atoms with Crippen LogP contribution in [-0.2, 0) is 21.2 Å². The first-order chi connectivity index (χ1) is 11.9. The number of nitrogens with one attached hydrogen (secondary N) is 1. The van der Waals surface area contributed by atoms with Crippen LogP contribution < -0.4 is 5.32 Å². The molecule has 2 rings (SSSR count). The standard InChI is InChI=1S/C18H29N3O3S/c1-16(2)18(22)19-9-15-25(23,24)21-13-11-20(12-14-21)10-8-17-6-4-3-5-7-17/h3-7,16H,8-15H2,1-2H3,(H,19,22). The van der Waals surface area contributed by atoms with Gasteiger partial charge in [0.25, 0.3) is 0 Å². The van der Waals surface area contributed by atoms with E-state index in [9.17, 15) is 13.2 Å². The van der Waals surface area contributed by atoms with Crippen LogP contribution in [0.25, 0.3) is 0 Å². The third-order valence-electron chi connectivity index (χ3n) is 4.47. The molecule has 0 saturated carbocycles. The second-order valence-corrected chi connectivity index (χ2v) is 8.83. The molecular formula is C18H29N3O3S. The molecule has 1 N–H and O–H groups in total. The van der Waals surface area contributed by atoms with E-state index in [-0.39, 0.29) is 24.1 Å². The van der Waals surface area contributed by atoms with Gasteiger partial charge in [-0.1, -0.05) is 44.2 Å². The molecule has 6 nitrogen and oxygen atoms in total. The Morgan fingerprint density at radius 3 is 2.36 bits per heavy atom. The zero-order chi connectivity index (χ0) is 18.3. The van der Waals surface area contributed by atoms with Gasteiger partial charge in [-0.3, -0.25) is 4.79 Å². The molecule has 1 aliphatic rings. The summed E-state index contributed by atoms with van der Waals surface area (Å²) < 4.78 is 26.3. The number of hydrogen-bond acceptors (Lipinski definition) is 4. The van der Waals surface area contributed by atoms with Crippen molar-refractivity contribution < 1.29 is 13.2 Å². The van der Waals surface area contributed by atoms with Crippen LogP contribution >= 0.6 is 0 Å². The fraction of sp³-hybridized carbons (Fsp3) is 0.611. The minimum Gasteiger partial charge on any atom is -0.355 e. The Bertz CT molecular complexity index is 639. The van der Waals surface area contributed by atoms with Crippen molar-refractivity contribution in [2.24, 2.45) is 5.92 Å². The van der Waals surface area contributed by atoms with Gasteiger partial charge in [0.15, 0.2) is 0 Å². The largest absolute Gasteiger partial charge is 0.355 e. The summed E-state index contributed by atoms with van der Waals surface area (Å²) >= 11 is 0. The zero-order valence-corrected chi connectivity index (χ0v) is 16.0. The number of amides is 1. The van der Waals surface area contributed by atoms with Crippen LogP contribution in [0.15, 0.2) is 30.3 Å². The molecule has 0 radical (unpaired) electrons. The molecule has 0 aromatic heterocycles. The van der Waals surface area contributed by atoms with Crippen molar-refractivity contribution in [3.05, 3.63) is 35.9 Å². The van der Waals surface area contributed by atoms with E-state index >= 15 is 0 Å². The third kappa shape index (κ3) is 6.41. The smallest absolute Gasteiger partial charge is 0.222 e. The molecule has 140 valence electrons. The molecule has 0 unspecified atom stereocenters.